The van der Waals surface area contributed by atoms with E-state index in [1.54, 1.807) is 0 Å². The van der Waals surface area contributed by atoms with Crippen LogP contribution >= 0.6 is 0 Å². The zero-order chi connectivity index (χ0) is 10.6. The van der Waals surface area contributed by atoms with Crippen LogP contribution in [0.25, 0.3) is 0 Å². The normalized spacial score (nSPS) is 12.9. The lowest BCUT2D eigenvalue weighted by Crippen LogP contribution is -2.08. The summed E-state index contributed by atoms with van der Waals surface area (Å²) < 4.78 is 5.36. The lowest BCUT2D eigenvalue weighted by atomic mass is 10.0. The molecule has 0 aliphatic heterocycles. The van der Waals surface area contributed by atoms with Gasteiger partial charge in [-0.15, -0.1) is 0 Å². The van der Waals surface area contributed by atoms with Crippen LogP contribution in [0.2, 0.25) is 0 Å². The number of ether oxygens (including phenoxy) is 1. The largest absolute Gasteiger partial charge is 0.461 e. The quantitative estimate of drug-likeness (QED) is 0.739. The number of rotatable bonds is 4. The molecule has 14 heavy (non-hydrogen) atoms. The molecule has 1 rings (SSSR count). The number of nitrogens with zero attached hydrogens (tertiary/aromatic N) is 2. The van der Waals surface area contributed by atoms with E-state index in [1.807, 2.05) is 26.2 Å². The van der Waals surface area contributed by atoms with Crippen LogP contribution in [-0.4, -0.2) is 16.1 Å². The van der Waals surface area contributed by atoms with Crippen molar-refractivity contribution in [1.29, 1.82) is 0 Å². The predicted octanol–water partition coefficient (Wildman–Crippen LogP) is 2.78. The SMILES string of the molecule is CCC(C)c1cnc(OC(C)C)nc1. The molecule has 0 radical (unpaired) electrons. The summed E-state index contributed by atoms with van der Waals surface area (Å²) in [5.74, 6) is 0.517. The fourth-order valence-corrected chi connectivity index (χ4v) is 1.09. The Kier molecular flexibility index (Phi) is 3.86. The number of hydrogen-bond acceptors (Lipinski definition) is 3. The van der Waals surface area contributed by atoms with Crippen molar-refractivity contribution in [3.05, 3.63) is 18.0 Å². The third kappa shape index (κ3) is 2.98. The van der Waals surface area contributed by atoms with Gasteiger partial charge in [0.2, 0.25) is 0 Å². The monoisotopic (exact) mass is 194 g/mol. The Morgan fingerprint density at radius 1 is 1.21 bits per heavy atom. The third-order valence-corrected chi connectivity index (χ3v) is 2.17. The van der Waals surface area contributed by atoms with Crippen molar-refractivity contribution in [1.82, 2.24) is 9.97 Å². The van der Waals surface area contributed by atoms with Crippen LogP contribution in [0.15, 0.2) is 12.4 Å². The van der Waals surface area contributed by atoms with Crippen molar-refractivity contribution in [2.75, 3.05) is 0 Å². The first-order valence-corrected chi connectivity index (χ1v) is 5.12. The van der Waals surface area contributed by atoms with Gasteiger partial charge in [0.15, 0.2) is 0 Å². The molecule has 1 aromatic rings. The maximum atomic E-state index is 5.36. The second kappa shape index (κ2) is 4.94. The number of hydrogen-bond donors (Lipinski definition) is 0. The Bertz CT molecular complexity index is 269. The molecule has 0 N–H and O–H groups in total. The molecule has 0 aliphatic rings. The lowest BCUT2D eigenvalue weighted by Gasteiger charge is -2.10. The van der Waals surface area contributed by atoms with E-state index in [2.05, 4.69) is 23.8 Å². The second-order valence-corrected chi connectivity index (χ2v) is 3.77. The minimum atomic E-state index is 0.129. The number of aromatic nitrogens is 2. The van der Waals surface area contributed by atoms with Gasteiger partial charge in [-0.25, -0.2) is 9.97 Å². The molecule has 0 bridgehead atoms. The molecule has 1 aromatic heterocycles. The maximum absolute atomic E-state index is 5.36. The van der Waals surface area contributed by atoms with Crippen LogP contribution in [-0.2, 0) is 0 Å². The smallest absolute Gasteiger partial charge is 0.316 e. The van der Waals surface area contributed by atoms with Gasteiger partial charge in [0.25, 0.3) is 0 Å². The van der Waals surface area contributed by atoms with Gasteiger partial charge in [-0.2, -0.15) is 0 Å². The highest BCUT2D eigenvalue weighted by Crippen LogP contribution is 2.17. The maximum Gasteiger partial charge on any atom is 0.316 e. The molecule has 0 amide bonds. The molecule has 3 heteroatoms. The first-order valence-electron chi connectivity index (χ1n) is 5.12. The van der Waals surface area contributed by atoms with E-state index in [0.717, 1.165) is 6.42 Å². The van der Waals surface area contributed by atoms with Crippen molar-refractivity contribution >= 4 is 0 Å². The Balaban J connectivity index is 2.68. The van der Waals surface area contributed by atoms with Crippen LogP contribution in [0, 0.1) is 0 Å². The molecule has 0 fully saturated rings. The van der Waals surface area contributed by atoms with E-state index in [-0.39, 0.29) is 6.10 Å². The summed E-state index contributed by atoms with van der Waals surface area (Å²) in [4.78, 5) is 8.31. The minimum absolute atomic E-state index is 0.129. The molecule has 78 valence electrons. The molecular weight excluding hydrogens is 176 g/mol. The average molecular weight is 194 g/mol. The molecule has 1 heterocycles. The van der Waals surface area contributed by atoms with Crippen molar-refractivity contribution in [2.45, 2.75) is 46.1 Å². The fraction of sp³-hybridized carbons (Fsp3) is 0.636. The zero-order valence-electron chi connectivity index (χ0n) is 9.32. The van der Waals surface area contributed by atoms with Crippen LogP contribution in [0.4, 0.5) is 0 Å². The van der Waals surface area contributed by atoms with E-state index < -0.39 is 0 Å². The van der Waals surface area contributed by atoms with Gasteiger partial charge >= 0.3 is 6.01 Å². The van der Waals surface area contributed by atoms with Gasteiger partial charge in [-0.3, -0.25) is 0 Å². The summed E-state index contributed by atoms with van der Waals surface area (Å²) in [6, 6.07) is 0.465. The van der Waals surface area contributed by atoms with Crippen LogP contribution in [0.5, 0.6) is 6.01 Å². The third-order valence-electron chi connectivity index (χ3n) is 2.17. The predicted molar refractivity (Wildman–Crippen MR) is 56.5 cm³/mol. The van der Waals surface area contributed by atoms with Gasteiger partial charge in [0, 0.05) is 12.4 Å². The van der Waals surface area contributed by atoms with E-state index in [9.17, 15) is 0 Å². The molecule has 0 aliphatic carbocycles. The molecule has 0 aromatic carbocycles. The van der Waals surface area contributed by atoms with Gasteiger partial charge in [0.1, 0.15) is 0 Å². The molecule has 0 saturated carbocycles. The second-order valence-electron chi connectivity index (χ2n) is 3.77. The van der Waals surface area contributed by atoms with Crippen LogP contribution in [0.1, 0.15) is 45.6 Å². The Morgan fingerprint density at radius 2 is 1.79 bits per heavy atom. The van der Waals surface area contributed by atoms with Crippen molar-refractivity contribution < 1.29 is 4.74 Å². The summed E-state index contributed by atoms with van der Waals surface area (Å²) >= 11 is 0. The van der Waals surface area contributed by atoms with Gasteiger partial charge in [-0.05, 0) is 31.7 Å². The molecule has 1 unspecified atom stereocenters. The van der Waals surface area contributed by atoms with E-state index in [4.69, 9.17) is 4.74 Å². The molecule has 0 saturated heterocycles. The summed E-state index contributed by atoms with van der Waals surface area (Å²) in [5, 5.41) is 0. The van der Waals surface area contributed by atoms with Crippen LogP contribution in [0.3, 0.4) is 0 Å². The Hall–Kier alpha value is -1.12. The minimum Gasteiger partial charge on any atom is -0.461 e. The highest BCUT2D eigenvalue weighted by Gasteiger charge is 2.05. The fourth-order valence-electron chi connectivity index (χ4n) is 1.09. The standard InChI is InChI=1S/C11H18N2O/c1-5-9(4)10-6-12-11(13-7-10)14-8(2)3/h6-9H,5H2,1-4H3. The highest BCUT2D eigenvalue weighted by molar-refractivity contribution is 5.12. The van der Waals surface area contributed by atoms with E-state index in [0.29, 0.717) is 11.9 Å². The Labute approximate surface area is 85.5 Å². The first kappa shape index (κ1) is 11.0. The molecule has 1 atom stereocenters. The zero-order valence-corrected chi connectivity index (χ0v) is 9.32. The summed E-state index contributed by atoms with van der Waals surface area (Å²) in [7, 11) is 0. The molecular formula is C11H18N2O. The van der Waals surface area contributed by atoms with Crippen molar-refractivity contribution in [3.8, 4) is 6.01 Å². The molecule has 3 nitrogen and oxygen atoms in total. The van der Waals surface area contributed by atoms with Gasteiger partial charge in [-0.1, -0.05) is 13.8 Å². The lowest BCUT2D eigenvalue weighted by molar-refractivity contribution is 0.222. The van der Waals surface area contributed by atoms with E-state index >= 15 is 0 Å². The van der Waals surface area contributed by atoms with Crippen LogP contribution < -0.4 is 4.74 Å². The van der Waals surface area contributed by atoms with Gasteiger partial charge < -0.3 is 4.74 Å². The van der Waals surface area contributed by atoms with Gasteiger partial charge in [0.05, 0.1) is 6.10 Å². The Morgan fingerprint density at radius 3 is 2.21 bits per heavy atom. The van der Waals surface area contributed by atoms with E-state index in [1.165, 1.54) is 5.56 Å². The first-order chi connectivity index (χ1) is 6.63. The highest BCUT2D eigenvalue weighted by atomic mass is 16.5. The summed E-state index contributed by atoms with van der Waals surface area (Å²) in [6.07, 6.45) is 4.93. The van der Waals surface area contributed by atoms with Crippen molar-refractivity contribution in [3.63, 3.8) is 0 Å². The van der Waals surface area contributed by atoms with Crippen molar-refractivity contribution in [2.24, 2.45) is 0 Å². The molecule has 0 spiro atoms. The average Bonchev–Trinajstić information content (AvgIpc) is 2.17. The topological polar surface area (TPSA) is 35.0 Å². The summed E-state index contributed by atoms with van der Waals surface area (Å²) in [6.45, 7) is 8.25. The summed E-state index contributed by atoms with van der Waals surface area (Å²) in [5.41, 5.74) is 1.17.